The number of carbonyl (C=O) groups is 1. The second-order valence-electron chi connectivity index (χ2n) is 5.61. The van der Waals surface area contributed by atoms with E-state index in [1.165, 1.54) is 0 Å². The maximum Gasteiger partial charge on any atom is 0.267 e. The third-order valence-corrected chi connectivity index (χ3v) is 3.68. The fourth-order valence-corrected chi connectivity index (χ4v) is 2.60. The van der Waals surface area contributed by atoms with Crippen molar-refractivity contribution in [2.45, 2.75) is 45.1 Å². The Morgan fingerprint density at radius 3 is 2.83 bits per heavy atom. The number of hydrogen-bond donors (Lipinski definition) is 0. The van der Waals surface area contributed by atoms with Crippen molar-refractivity contribution in [2.75, 3.05) is 6.54 Å². The first-order valence-electron chi connectivity index (χ1n) is 7.30. The molecule has 23 heavy (non-hydrogen) atoms. The molecule has 0 unspecified atom stereocenters. The average molecular weight is 326 g/mol. The summed E-state index contributed by atoms with van der Waals surface area (Å²) in [6.45, 7) is 2.87. The zero-order chi connectivity index (χ0) is 16.6. The smallest absolute Gasteiger partial charge is 0.267 e. The molecule has 1 saturated heterocycles. The van der Waals surface area contributed by atoms with Crippen LogP contribution in [0.2, 0.25) is 0 Å². The van der Waals surface area contributed by atoms with Crippen LogP contribution in [-0.2, 0) is 17.6 Å². The zero-order valence-corrected chi connectivity index (χ0v) is 12.8. The molecule has 2 aromatic heterocycles. The van der Waals surface area contributed by atoms with Crippen LogP contribution < -0.4 is 0 Å². The molecule has 0 radical (unpaired) electrons. The van der Waals surface area contributed by atoms with Gasteiger partial charge >= 0.3 is 0 Å². The Kier molecular flexibility index (Phi) is 3.87. The van der Waals surface area contributed by atoms with Crippen LogP contribution in [0.5, 0.6) is 0 Å². The van der Waals surface area contributed by atoms with Crippen molar-refractivity contribution in [1.29, 1.82) is 0 Å². The molecular weight excluding hydrogens is 310 g/mol. The lowest BCUT2D eigenvalue weighted by molar-refractivity contribution is -0.133. The molecule has 0 N–H and O–H groups in total. The molecular formula is C14H16F2N4O3. The van der Waals surface area contributed by atoms with E-state index in [1.807, 2.05) is 6.92 Å². The molecule has 3 rings (SSSR count). The van der Waals surface area contributed by atoms with Crippen molar-refractivity contribution in [3.05, 3.63) is 29.2 Å². The van der Waals surface area contributed by atoms with Crippen LogP contribution in [0.1, 0.15) is 42.6 Å². The lowest BCUT2D eigenvalue weighted by atomic mass is 10.2. The summed E-state index contributed by atoms with van der Waals surface area (Å²) < 4.78 is 37.6. The first kappa shape index (κ1) is 15.6. The molecule has 0 bridgehead atoms. The molecule has 2 aromatic rings. The summed E-state index contributed by atoms with van der Waals surface area (Å²) in [5.74, 6) is -2.67. The first-order valence-corrected chi connectivity index (χ1v) is 7.30. The van der Waals surface area contributed by atoms with Gasteiger partial charge in [0, 0.05) is 18.9 Å². The van der Waals surface area contributed by atoms with E-state index in [9.17, 15) is 13.6 Å². The number of nitrogens with zero attached hydrogens (tertiary/aromatic N) is 4. The summed E-state index contributed by atoms with van der Waals surface area (Å²) in [5, 5.41) is 7.39. The van der Waals surface area contributed by atoms with Crippen LogP contribution in [-0.4, -0.2) is 38.6 Å². The highest BCUT2D eigenvalue weighted by atomic mass is 19.3. The molecule has 1 fully saturated rings. The van der Waals surface area contributed by atoms with Gasteiger partial charge in [-0.15, -0.1) is 0 Å². The van der Waals surface area contributed by atoms with Crippen molar-refractivity contribution in [1.82, 2.24) is 20.2 Å². The molecule has 1 atom stereocenters. The van der Waals surface area contributed by atoms with Crippen LogP contribution in [0.25, 0.3) is 0 Å². The Hall–Kier alpha value is -2.32. The minimum absolute atomic E-state index is 0.0427. The summed E-state index contributed by atoms with van der Waals surface area (Å²) in [7, 11) is 0. The molecule has 0 aliphatic carbocycles. The summed E-state index contributed by atoms with van der Waals surface area (Å²) in [5.41, 5.74) is 0.626. The van der Waals surface area contributed by atoms with E-state index in [2.05, 4.69) is 15.3 Å². The van der Waals surface area contributed by atoms with Crippen molar-refractivity contribution < 1.29 is 22.6 Å². The molecule has 1 aliphatic heterocycles. The maximum atomic E-state index is 13.8. The number of likely N-dealkylation sites (tertiary alicyclic amines) is 1. The van der Waals surface area contributed by atoms with Gasteiger partial charge in [-0.2, -0.15) is 4.98 Å². The third kappa shape index (κ3) is 3.22. The van der Waals surface area contributed by atoms with Gasteiger partial charge in [-0.1, -0.05) is 17.2 Å². The van der Waals surface area contributed by atoms with Gasteiger partial charge in [0.15, 0.2) is 5.82 Å². The average Bonchev–Trinajstić information content (AvgIpc) is 3.17. The van der Waals surface area contributed by atoms with Gasteiger partial charge in [0.2, 0.25) is 11.8 Å². The molecule has 1 aliphatic rings. The highest BCUT2D eigenvalue weighted by Gasteiger charge is 2.49. The SMILES string of the molecule is CCc1noc([C@@H]2CC(F)(F)CN2C(=O)Cc2cc(C)no2)n1. The molecule has 3 heterocycles. The van der Waals surface area contributed by atoms with Gasteiger partial charge in [0.1, 0.15) is 11.8 Å². The normalized spacial score (nSPS) is 20.2. The zero-order valence-electron chi connectivity index (χ0n) is 12.8. The van der Waals surface area contributed by atoms with E-state index in [0.29, 0.717) is 23.7 Å². The van der Waals surface area contributed by atoms with Crippen LogP contribution >= 0.6 is 0 Å². The number of aryl methyl sites for hydroxylation is 2. The van der Waals surface area contributed by atoms with Gasteiger partial charge in [-0.25, -0.2) is 8.78 Å². The van der Waals surface area contributed by atoms with Crippen LogP contribution in [0.3, 0.4) is 0 Å². The number of amides is 1. The fraction of sp³-hybridized carbons (Fsp3) is 0.571. The van der Waals surface area contributed by atoms with E-state index >= 15 is 0 Å². The van der Waals surface area contributed by atoms with Crippen LogP contribution in [0.15, 0.2) is 15.1 Å². The number of aromatic nitrogens is 3. The fourth-order valence-electron chi connectivity index (χ4n) is 2.60. The predicted octanol–water partition coefficient (Wildman–Crippen LogP) is 2.08. The molecule has 0 aromatic carbocycles. The quantitative estimate of drug-likeness (QED) is 0.855. The number of carbonyl (C=O) groups excluding carboxylic acids is 1. The van der Waals surface area contributed by atoms with Gasteiger partial charge in [-0.05, 0) is 6.92 Å². The second-order valence-corrected chi connectivity index (χ2v) is 5.61. The summed E-state index contributed by atoms with van der Waals surface area (Å²) in [6, 6.07) is 0.678. The molecule has 7 nitrogen and oxygen atoms in total. The van der Waals surface area contributed by atoms with Crippen LogP contribution in [0.4, 0.5) is 8.78 Å². The maximum absolute atomic E-state index is 13.8. The monoisotopic (exact) mass is 326 g/mol. The van der Waals surface area contributed by atoms with Crippen molar-refractivity contribution >= 4 is 5.91 Å². The molecule has 0 spiro atoms. The highest BCUT2D eigenvalue weighted by Crippen LogP contribution is 2.40. The number of rotatable bonds is 4. The summed E-state index contributed by atoms with van der Waals surface area (Å²) in [6.07, 6.45) is -0.139. The van der Waals surface area contributed by atoms with Crippen molar-refractivity contribution in [3.63, 3.8) is 0 Å². The molecule has 9 heteroatoms. The predicted molar refractivity (Wildman–Crippen MR) is 72.6 cm³/mol. The van der Waals surface area contributed by atoms with E-state index in [-0.39, 0.29) is 12.3 Å². The van der Waals surface area contributed by atoms with Gasteiger partial charge in [0.25, 0.3) is 5.92 Å². The largest absolute Gasteiger partial charge is 0.361 e. The molecule has 0 saturated carbocycles. The Morgan fingerprint density at radius 2 is 2.22 bits per heavy atom. The van der Waals surface area contributed by atoms with E-state index in [4.69, 9.17) is 9.05 Å². The molecule has 1 amide bonds. The topological polar surface area (TPSA) is 85.3 Å². The Balaban J connectivity index is 1.81. The Bertz CT molecular complexity index is 712. The first-order chi connectivity index (χ1) is 10.9. The van der Waals surface area contributed by atoms with E-state index < -0.39 is 30.8 Å². The number of halogens is 2. The minimum atomic E-state index is -2.99. The van der Waals surface area contributed by atoms with Gasteiger partial charge in [-0.3, -0.25) is 4.79 Å². The minimum Gasteiger partial charge on any atom is -0.361 e. The van der Waals surface area contributed by atoms with Gasteiger partial charge < -0.3 is 13.9 Å². The van der Waals surface area contributed by atoms with E-state index in [1.54, 1.807) is 13.0 Å². The second kappa shape index (κ2) is 5.71. The number of alkyl halides is 2. The summed E-state index contributed by atoms with van der Waals surface area (Å²) >= 11 is 0. The van der Waals surface area contributed by atoms with Gasteiger partial charge in [0.05, 0.1) is 18.7 Å². The number of hydrogen-bond acceptors (Lipinski definition) is 6. The third-order valence-electron chi connectivity index (χ3n) is 3.68. The van der Waals surface area contributed by atoms with E-state index in [0.717, 1.165) is 4.90 Å². The lowest BCUT2D eigenvalue weighted by Gasteiger charge is -2.20. The Labute approximate surface area is 130 Å². The van der Waals surface area contributed by atoms with Crippen LogP contribution in [0, 0.1) is 6.92 Å². The molecule has 124 valence electrons. The standard InChI is InChI=1S/C14H16F2N4O3/c1-3-11-17-13(23-19-11)10-6-14(15,16)7-20(10)12(21)5-9-4-8(2)18-22-9/h4,10H,3,5-7H2,1-2H3/t10-/m0/s1. The Morgan fingerprint density at radius 1 is 1.43 bits per heavy atom. The highest BCUT2D eigenvalue weighted by molar-refractivity contribution is 5.79. The lowest BCUT2D eigenvalue weighted by Crippen LogP contribution is -2.34. The van der Waals surface area contributed by atoms with Crippen molar-refractivity contribution in [2.24, 2.45) is 0 Å². The summed E-state index contributed by atoms with van der Waals surface area (Å²) in [4.78, 5) is 17.5. The van der Waals surface area contributed by atoms with Crippen molar-refractivity contribution in [3.8, 4) is 0 Å².